The largest absolute Gasteiger partial charge is 0.396 e. The van der Waals surface area contributed by atoms with Crippen LogP contribution in [-0.4, -0.2) is 66.5 Å². The molecule has 1 aliphatic rings. The quantitative estimate of drug-likeness (QED) is 0.365. The number of benzene rings is 1. The molecule has 4 heterocycles. The second kappa shape index (κ2) is 10.1. The average molecular weight is 490 g/mol. The molecule has 1 aromatic carbocycles. The molecule has 0 radical (unpaired) electrons. The van der Waals surface area contributed by atoms with Gasteiger partial charge in [-0.25, -0.2) is 4.98 Å². The van der Waals surface area contributed by atoms with Crippen molar-refractivity contribution in [1.82, 2.24) is 24.5 Å². The molecule has 0 spiro atoms. The summed E-state index contributed by atoms with van der Waals surface area (Å²) in [6, 6.07) is 9.34. The Bertz CT molecular complexity index is 1370. The minimum atomic E-state index is -0.511. The SMILES string of the molecule is CC(O)Cn1cc(-c2cccc(C(=O)Nc3cc4cnn(C)c4cc3N3CCC(CO)CC3)n2)cn1. The highest BCUT2D eigenvalue weighted by Crippen LogP contribution is 2.34. The van der Waals surface area contributed by atoms with Crippen LogP contribution in [0.2, 0.25) is 0 Å². The summed E-state index contributed by atoms with van der Waals surface area (Å²) in [5.41, 5.74) is 4.34. The normalized spacial score (nSPS) is 15.4. The predicted octanol–water partition coefficient (Wildman–Crippen LogP) is 2.67. The second-order valence-corrected chi connectivity index (χ2v) is 9.47. The Morgan fingerprint density at radius 1 is 1.19 bits per heavy atom. The fourth-order valence-corrected chi connectivity index (χ4v) is 4.68. The van der Waals surface area contributed by atoms with E-state index in [1.807, 2.05) is 23.9 Å². The minimum absolute atomic E-state index is 0.206. The van der Waals surface area contributed by atoms with Crippen molar-refractivity contribution in [3.05, 3.63) is 54.6 Å². The van der Waals surface area contributed by atoms with Crippen LogP contribution in [0.3, 0.4) is 0 Å². The number of aromatic nitrogens is 5. The Kier molecular flexibility index (Phi) is 6.71. The van der Waals surface area contributed by atoms with Gasteiger partial charge in [-0.2, -0.15) is 10.2 Å². The summed E-state index contributed by atoms with van der Waals surface area (Å²) >= 11 is 0. The molecule has 1 saturated heterocycles. The van der Waals surface area contributed by atoms with Crippen LogP contribution in [0.1, 0.15) is 30.3 Å². The van der Waals surface area contributed by atoms with Gasteiger partial charge in [0.2, 0.25) is 0 Å². The molecule has 3 aromatic heterocycles. The van der Waals surface area contributed by atoms with Crippen LogP contribution in [0.25, 0.3) is 22.2 Å². The number of carbonyl (C=O) groups excluding carboxylic acids is 1. The van der Waals surface area contributed by atoms with Gasteiger partial charge in [-0.1, -0.05) is 6.07 Å². The fraction of sp³-hybridized carbons (Fsp3) is 0.385. The van der Waals surface area contributed by atoms with Gasteiger partial charge in [-0.3, -0.25) is 14.2 Å². The number of aliphatic hydroxyl groups excluding tert-OH is 2. The average Bonchev–Trinajstić information content (AvgIpc) is 3.49. The van der Waals surface area contributed by atoms with E-state index in [-0.39, 0.29) is 12.5 Å². The van der Waals surface area contributed by atoms with Crippen molar-refractivity contribution >= 4 is 28.2 Å². The van der Waals surface area contributed by atoms with Gasteiger partial charge in [0.1, 0.15) is 5.69 Å². The van der Waals surface area contributed by atoms with E-state index >= 15 is 0 Å². The minimum Gasteiger partial charge on any atom is -0.396 e. The van der Waals surface area contributed by atoms with Gasteiger partial charge in [-0.05, 0) is 49.9 Å². The number of aryl methyl sites for hydroxylation is 1. The maximum Gasteiger partial charge on any atom is 0.274 e. The standard InChI is InChI=1S/C26H31N7O3/c1-17(35)14-33-15-20(13-28-33)21-4-3-5-22(29-21)26(36)30-23-10-19-12-27-31(2)24(19)11-25(23)32-8-6-18(16-34)7-9-32/h3-5,10-13,15,17-18,34-35H,6-9,14,16H2,1-2H3,(H,30,36). The monoisotopic (exact) mass is 489 g/mol. The molecule has 1 amide bonds. The molecule has 36 heavy (non-hydrogen) atoms. The number of hydrogen-bond acceptors (Lipinski definition) is 7. The third-order valence-electron chi connectivity index (χ3n) is 6.69. The number of hydrogen-bond donors (Lipinski definition) is 3. The first-order chi connectivity index (χ1) is 17.4. The molecule has 0 bridgehead atoms. The summed E-state index contributed by atoms with van der Waals surface area (Å²) in [7, 11) is 1.90. The molecule has 1 unspecified atom stereocenters. The van der Waals surface area contributed by atoms with E-state index in [2.05, 4.69) is 31.5 Å². The highest BCUT2D eigenvalue weighted by Gasteiger charge is 2.23. The van der Waals surface area contributed by atoms with E-state index in [0.29, 0.717) is 29.5 Å². The van der Waals surface area contributed by atoms with Crippen molar-refractivity contribution < 1.29 is 15.0 Å². The number of fused-ring (bicyclic) bond motifs is 1. The highest BCUT2D eigenvalue weighted by atomic mass is 16.3. The van der Waals surface area contributed by atoms with Crippen LogP contribution in [0.5, 0.6) is 0 Å². The zero-order valence-electron chi connectivity index (χ0n) is 20.5. The molecule has 10 nitrogen and oxygen atoms in total. The number of nitrogens with one attached hydrogen (secondary N) is 1. The topological polar surface area (TPSA) is 121 Å². The van der Waals surface area contributed by atoms with E-state index in [0.717, 1.165) is 48.1 Å². The van der Waals surface area contributed by atoms with Crippen molar-refractivity contribution in [2.75, 3.05) is 29.9 Å². The fourth-order valence-electron chi connectivity index (χ4n) is 4.68. The lowest BCUT2D eigenvalue weighted by Gasteiger charge is -2.34. The lowest BCUT2D eigenvalue weighted by molar-refractivity contribution is 0.102. The summed E-state index contributed by atoms with van der Waals surface area (Å²) < 4.78 is 3.48. The van der Waals surface area contributed by atoms with Crippen LogP contribution < -0.4 is 10.2 Å². The number of piperidine rings is 1. The van der Waals surface area contributed by atoms with Gasteiger partial charge in [-0.15, -0.1) is 0 Å². The van der Waals surface area contributed by atoms with Crippen LogP contribution >= 0.6 is 0 Å². The van der Waals surface area contributed by atoms with Crippen molar-refractivity contribution in [3.63, 3.8) is 0 Å². The summed E-state index contributed by atoms with van der Waals surface area (Å²) in [5.74, 6) is 0.0135. The van der Waals surface area contributed by atoms with E-state index in [1.54, 1.807) is 42.3 Å². The first-order valence-corrected chi connectivity index (χ1v) is 12.2. The molecule has 1 aliphatic heterocycles. The van der Waals surface area contributed by atoms with Gasteiger partial charge in [0, 0.05) is 43.9 Å². The Labute approximate surface area is 209 Å². The Balaban J connectivity index is 1.42. The van der Waals surface area contributed by atoms with Crippen LogP contribution in [-0.2, 0) is 13.6 Å². The molecular weight excluding hydrogens is 458 g/mol. The Morgan fingerprint density at radius 3 is 2.75 bits per heavy atom. The Hall–Kier alpha value is -3.76. The molecule has 1 fully saturated rings. The zero-order valence-corrected chi connectivity index (χ0v) is 20.5. The summed E-state index contributed by atoms with van der Waals surface area (Å²) in [5, 5.41) is 31.8. The van der Waals surface area contributed by atoms with Crippen molar-refractivity contribution in [1.29, 1.82) is 0 Å². The third kappa shape index (κ3) is 4.95. The molecule has 1 atom stereocenters. The number of aliphatic hydroxyl groups is 2. The predicted molar refractivity (Wildman–Crippen MR) is 138 cm³/mol. The number of nitrogens with zero attached hydrogens (tertiary/aromatic N) is 6. The molecule has 3 N–H and O–H groups in total. The van der Waals surface area contributed by atoms with Crippen molar-refractivity contribution in [3.8, 4) is 11.3 Å². The molecule has 5 rings (SSSR count). The smallest absolute Gasteiger partial charge is 0.274 e. The maximum absolute atomic E-state index is 13.3. The van der Waals surface area contributed by atoms with Gasteiger partial charge in [0.05, 0.1) is 47.6 Å². The highest BCUT2D eigenvalue weighted by molar-refractivity contribution is 6.06. The lowest BCUT2D eigenvalue weighted by atomic mass is 9.97. The van der Waals surface area contributed by atoms with Crippen LogP contribution in [0.4, 0.5) is 11.4 Å². The lowest BCUT2D eigenvalue weighted by Crippen LogP contribution is -2.35. The van der Waals surface area contributed by atoms with Crippen molar-refractivity contribution in [2.24, 2.45) is 13.0 Å². The number of carbonyl (C=O) groups is 1. The van der Waals surface area contributed by atoms with Gasteiger partial charge < -0.3 is 20.4 Å². The molecule has 188 valence electrons. The maximum atomic E-state index is 13.3. The second-order valence-electron chi connectivity index (χ2n) is 9.47. The van der Waals surface area contributed by atoms with Gasteiger partial charge >= 0.3 is 0 Å². The third-order valence-corrected chi connectivity index (χ3v) is 6.69. The number of pyridine rings is 1. The summed E-state index contributed by atoms with van der Waals surface area (Å²) in [6.07, 6.45) is 6.57. The number of rotatable bonds is 7. The summed E-state index contributed by atoms with van der Waals surface area (Å²) in [6.45, 7) is 3.91. The van der Waals surface area contributed by atoms with E-state index in [1.165, 1.54) is 0 Å². The Morgan fingerprint density at radius 2 is 2.00 bits per heavy atom. The zero-order chi connectivity index (χ0) is 25.2. The number of anilines is 2. The molecule has 0 saturated carbocycles. The molecule has 0 aliphatic carbocycles. The van der Waals surface area contributed by atoms with E-state index in [4.69, 9.17) is 0 Å². The molecule has 4 aromatic rings. The van der Waals surface area contributed by atoms with E-state index in [9.17, 15) is 15.0 Å². The van der Waals surface area contributed by atoms with Crippen LogP contribution in [0, 0.1) is 5.92 Å². The molecule has 10 heteroatoms. The van der Waals surface area contributed by atoms with Gasteiger partial charge in [0.15, 0.2) is 0 Å². The molecular formula is C26H31N7O3. The first kappa shape index (κ1) is 24.0. The number of amides is 1. The van der Waals surface area contributed by atoms with Crippen LogP contribution in [0.15, 0.2) is 48.9 Å². The van der Waals surface area contributed by atoms with E-state index < -0.39 is 6.10 Å². The van der Waals surface area contributed by atoms with Crippen molar-refractivity contribution in [2.45, 2.75) is 32.4 Å². The summed E-state index contributed by atoms with van der Waals surface area (Å²) in [4.78, 5) is 20.2. The first-order valence-electron chi connectivity index (χ1n) is 12.2. The van der Waals surface area contributed by atoms with Gasteiger partial charge in [0.25, 0.3) is 5.91 Å².